The normalized spacial score (nSPS) is 12.6. The SMILES string of the molecule is CCC(C)Nc1cccc(Cl)c1C. The molecule has 1 aromatic rings. The van der Waals surface area contributed by atoms with Crippen molar-refractivity contribution in [2.45, 2.75) is 33.2 Å². The molecule has 0 radical (unpaired) electrons. The van der Waals surface area contributed by atoms with Crippen molar-refractivity contribution in [3.63, 3.8) is 0 Å². The number of nitrogens with one attached hydrogen (secondary N) is 1. The van der Waals surface area contributed by atoms with Crippen LogP contribution in [0.5, 0.6) is 0 Å². The highest BCUT2D eigenvalue weighted by atomic mass is 35.5. The fourth-order valence-electron chi connectivity index (χ4n) is 1.13. The standard InChI is InChI=1S/C11H16ClN/c1-4-8(2)13-11-7-5-6-10(12)9(11)3/h5-8,13H,4H2,1-3H3. The van der Waals surface area contributed by atoms with Crippen molar-refractivity contribution >= 4 is 17.3 Å². The first-order valence-corrected chi connectivity index (χ1v) is 5.04. The maximum atomic E-state index is 6.00. The van der Waals surface area contributed by atoms with E-state index in [1.54, 1.807) is 0 Å². The number of hydrogen-bond donors (Lipinski definition) is 1. The van der Waals surface area contributed by atoms with Gasteiger partial charge < -0.3 is 5.32 Å². The highest BCUT2D eigenvalue weighted by Crippen LogP contribution is 2.23. The van der Waals surface area contributed by atoms with Gasteiger partial charge in [-0.2, -0.15) is 0 Å². The van der Waals surface area contributed by atoms with Gasteiger partial charge in [0.2, 0.25) is 0 Å². The number of benzene rings is 1. The highest BCUT2D eigenvalue weighted by Gasteiger charge is 2.03. The first-order valence-electron chi connectivity index (χ1n) is 4.66. The number of rotatable bonds is 3. The molecule has 0 saturated heterocycles. The fraction of sp³-hybridized carbons (Fsp3) is 0.455. The van der Waals surface area contributed by atoms with Gasteiger partial charge in [0.1, 0.15) is 0 Å². The van der Waals surface area contributed by atoms with Gasteiger partial charge in [0.25, 0.3) is 0 Å². The van der Waals surface area contributed by atoms with Crippen LogP contribution in [-0.4, -0.2) is 6.04 Å². The van der Waals surface area contributed by atoms with E-state index in [0.717, 1.165) is 22.7 Å². The molecule has 0 bridgehead atoms. The summed E-state index contributed by atoms with van der Waals surface area (Å²) in [6.07, 6.45) is 1.12. The van der Waals surface area contributed by atoms with E-state index in [4.69, 9.17) is 11.6 Å². The Hall–Kier alpha value is -0.690. The summed E-state index contributed by atoms with van der Waals surface area (Å²) in [7, 11) is 0. The Morgan fingerprint density at radius 1 is 1.46 bits per heavy atom. The van der Waals surface area contributed by atoms with Gasteiger partial charge in [-0.05, 0) is 38.0 Å². The molecule has 2 heteroatoms. The minimum absolute atomic E-state index is 0.497. The maximum absolute atomic E-state index is 6.00. The number of halogens is 1. The Kier molecular flexibility index (Phi) is 3.61. The third-order valence-electron chi connectivity index (χ3n) is 2.28. The molecule has 13 heavy (non-hydrogen) atoms. The third-order valence-corrected chi connectivity index (χ3v) is 2.69. The Morgan fingerprint density at radius 3 is 2.77 bits per heavy atom. The van der Waals surface area contributed by atoms with E-state index in [1.807, 2.05) is 19.1 Å². The van der Waals surface area contributed by atoms with Crippen molar-refractivity contribution in [1.82, 2.24) is 0 Å². The largest absolute Gasteiger partial charge is 0.382 e. The lowest BCUT2D eigenvalue weighted by molar-refractivity contribution is 0.763. The molecule has 0 fully saturated rings. The van der Waals surface area contributed by atoms with E-state index in [0.29, 0.717) is 6.04 Å². The first kappa shape index (κ1) is 10.4. The topological polar surface area (TPSA) is 12.0 Å². The molecule has 0 spiro atoms. The van der Waals surface area contributed by atoms with Crippen molar-refractivity contribution in [1.29, 1.82) is 0 Å². The predicted octanol–water partition coefficient (Wildman–Crippen LogP) is 3.86. The smallest absolute Gasteiger partial charge is 0.0455 e. The van der Waals surface area contributed by atoms with Crippen LogP contribution in [0.25, 0.3) is 0 Å². The van der Waals surface area contributed by atoms with Crippen molar-refractivity contribution in [3.8, 4) is 0 Å². The molecular formula is C11H16ClN. The predicted molar refractivity (Wildman–Crippen MR) is 59.6 cm³/mol. The highest BCUT2D eigenvalue weighted by molar-refractivity contribution is 6.31. The van der Waals surface area contributed by atoms with Crippen LogP contribution in [0, 0.1) is 6.92 Å². The van der Waals surface area contributed by atoms with E-state index >= 15 is 0 Å². The molecule has 0 heterocycles. The minimum atomic E-state index is 0.497. The Labute approximate surface area is 85.1 Å². The molecule has 0 aromatic heterocycles. The van der Waals surface area contributed by atoms with Crippen LogP contribution in [0.3, 0.4) is 0 Å². The zero-order valence-electron chi connectivity index (χ0n) is 8.39. The van der Waals surface area contributed by atoms with Crippen LogP contribution in [0.15, 0.2) is 18.2 Å². The summed E-state index contributed by atoms with van der Waals surface area (Å²) in [4.78, 5) is 0. The Balaban J connectivity index is 2.83. The molecule has 1 atom stereocenters. The summed E-state index contributed by atoms with van der Waals surface area (Å²) < 4.78 is 0. The zero-order chi connectivity index (χ0) is 9.84. The Bertz CT molecular complexity index is 283. The average Bonchev–Trinajstić information content (AvgIpc) is 2.13. The lowest BCUT2D eigenvalue weighted by Gasteiger charge is -2.15. The van der Waals surface area contributed by atoms with Crippen molar-refractivity contribution in [3.05, 3.63) is 28.8 Å². The van der Waals surface area contributed by atoms with E-state index in [-0.39, 0.29) is 0 Å². The van der Waals surface area contributed by atoms with Crippen LogP contribution in [-0.2, 0) is 0 Å². The molecule has 0 aliphatic carbocycles. The summed E-state index contributed by atoms with van der Waals surface area (Å²) in [6, 6.07) is 6.45. The molecule has 0 amide bonds. The van der Waals surface area contributed by atoms with Crippen molar-refractivity contribution in [2.75, 3.05) is 5.32 Å². The van der Waals surface area contributed by atoms with Gasteiger partial charge in [0, 0.05) is 16.8 Å². The fourth-order valence-corrected chi connectivity index (χ4v) is 1.31. The molecule has 72 valence electrons. The average molecular weight is 198 g/mol. The van der Waals surface area contributed by atoms with Crippen LogP contribution in [0.1, 0.15) is 25.8 Å². The zero-order valence-corrected chi connectivity index (χ0v) is 9.15. The van der Waals surface area contributed by atoms with Gasteiger partial charge in [-0.3, -0.25) is 0 Å². The molecule has 1 unspecified atom stereocenters. The van der Waals surface area contributed by atoms with Crippen LogP contribution < -0.4 is 5.32 Å². The van der Waals surface area contributed by atoms with Gasteiger partial charge >= 0.3 is 0 Å². The lowest BCUT2D eigenvalue weighted by Crippen LogP contribution is -2.14. The van der Waals surface area contributed by atoms with E-state index in [2.05, 4.69) is 25.2 Å². The van der Waals surface area contributed by atoms with E-state index < -0.39 is 0 Å². The molecule has 0 aliphatic heterocycles. The second-order valence-electron chi connectivity index (χ2n) is 3.37. The van der Waals surface area contributed by atoms with Gasteiger partial charge in [-0.25, -0.2) is 0 Å². The van der Waals surface area contributed by atoms with Gasteiger partial charge in [-0.15, -0.1) is 0 Å². The summed E-state index contributed by atoms with van der Waals surface area (Å²) in [5.74, 6) is 0. The second-order valence-corrected chi connectivity index (χ2v) is 3.77. The van der Waals surface area contributed by atoms with E-state index in [1.165, 1.54) is 0 Å². The second kappa shape index (κ2) is 4.52. The monoisotopic (exact) mass is 197 g/mol. The molecule has 0 saturated carbocycles. The number of hydrogen-bond acceptors (Lipinski definition) is 1. The summed E-state index contributed by atoms with van der Waals surface area (Å²) in [5.41, 5.74) is 2.27. The number of anilines is 1. The quantitative estimate of drug-likeness (QED) is 0.776. The van der Waals surface area contributed by atoms with Gasteiger partial charge in [0.05, 0.1) is 0 Å². The van der Waals surface area contributed by atoms with E-state index in [9.17, 15) is 0 Å². The van der Waals surface area contributed by atoms with Crippen molar-refractivity contribution in [2.24, 2.45) is 0 Å². The molecule has 1 nitrogen and oxygen atoms in total. The minimum Gasteiger partial charge on any atom is -0.382 e. The molecule has 0 aliphatic rings. The molecule has 1 aromatic carbocycles. The third kappa shape index (κ3) is 2.63. The maximum Gasteiger partial charge on any atom is 0.0455 e. The lowest BCUT2D eigenvalue weighted by atomic mass is 10.1. The van der Waals surface area contributed by atoms with Crippen LogP contribution in [0.4, 0.5) is 5.69 Å². The molecular weight excluding hydrogens is 182 g/mol. The van der Waals surface area contributed by atoms with Gasteiger partial charge in [0.15, 0.2) is 0 Å². The molecule has 1 N–H and O–H groups in total. The summed E-state index contributed by atoms with van der Waals surface area (Å²) >= 11 is 6.00. The first-order chi connectivity index (χ1) is 6.15. The van der Waals surface area contributed by atoms with Crippen LogP contribution in [0.2, 0.25) is 5.02 Å². The van der Waals surface area contributed by atoms with Gasteiger partial charge in [-0.1, -0.05) is 24.6 Å². The summed E-state index contributed by atoms with van der Waals surface area (Å²) in [5, 5.41) is 4.24. The van der Waals surface area contributed by atoms with Crippen molar-refractivity contribution < 1.29 is 0 Å². The Morgan fingerprint density at radius 2 is 2.15 bits per heavy atom. The van der Waals surface area contributed by atoms with Crippen LogP contribution >= 0.6 is 11.6 Å². The molecule has 1 rings (SSSR count). The summed E-state index contributed by atoms with van der Waals surface area (Å²) in [6.45, 7) is 6.37.